The number of aromatic nitrogens is 2. The Kier molecular flexibility index (Phi) is 13.3. The lowest BCUT2D eigenvalue weighted by Crippen LogP contribution is -2.37. The van der Waals surface area contributed by atoms with Crippen molar-refractivity contribution in [2.45, 2.75) is 62.7 Å². The maximum absolute atomic E-state index is 12.3. The van der Waals surface area contributed by atoms with Crippen LogP contribution in [0.1, 0.15) is 61.7 Å². The highest BCUT2D eigenvalue weighted by molar-refractivity contribution is 8.00. The van der Waals surface area contributed by atoms with Gasteiger partial charge in [0.1, 0.15) is 0 Å². The first kappa shape index (κ1) is 37.2. The average Bonchev–Trinajstić information content (AvgIpc) is 3.89. The Morgan fingerprint density at radius 3 is 2.45 bits per heavy atom. The molecule has 274 valence electrons. The fraction of sp³-hybridized carbons (Fsp3) is 0.531. The second-order valence-corrected chi connectivity index (χ2v) is 13.4. The summed E-state index contributed by atoms with van der Waals surface area (Å²) in [6.07, 6.45) is 5.35. The van der Waals surface area contributed by atoms with Crippen molar-refractivity contribution < 1.29 is 52.3 Å². The Hall–Kier alpha value is -5.04. The van der Waals surface area contributed by atoms with Crippen molar-refractivity contribution in [2.75, 3.05) is 43.9 Å². The molecule has 5 rings (SSSR count). The molecule has 2 aromatic rings. The van der Waals surface area contributed by atoms with Gasteiger partial charge in [-0.25, -0.2) is 9.59 Å². The molecule has 4 heterocycles. The molecule has 18 nitrogen and oxygen atoms in total. The number of benzene rings is 1. The van der Waals surface area contributed by atoms with E-state index in [1.54, 1.807) is 0 Å². The number of urea groups is 1. The van der Waals surface area contributed by atoms with E-state index >= 15 is 0 Å². The first-order valence-electron chi connectivity index (χ1n) is 16.8. The molecule has 19 heteroatoms. The molecule has 3 saturated heterocycles. The molecule has 51 heavy (non-hydrogen) atoms. The maximum atomic E-state index is 12.3. The van der Waals surface area contributed by atoms with Crippen molar-refractivity contribution in [3.05, 3.63) is 36.0 Å². The van der Waals surface area contributed by atoms with Crippen molar-refractivity contribution in [2.24, 2.45) is 5.92 Å². The molecule has 0 spiro atoms. The summed E-state index contributed by atoms with van der Waals surface area (Å²) in [6, 6.07) is 5.60. The zero-order valence-electron chi connectivity index (χ0n) is 27.9. The molecular formula is C32H41N8O10S+. The van der Waals surface area contributed by atoms with Gasteiger partial charge in [0.2, 0.25) is 28.7 Å². The van der Waals surface area contributed by atoms with Gasteiger partial charge in [0, 0.05) is 86.8 Å². The van der Waals surface area contributed by atoms with Gasteiger partial charge in [-0.1, -0.05) is 6.42 Å². The lowest BCUT2D eigenvalue weighted by atomic mass is 9.94. The highest BCUT2D eigenvalue weighted by Gasteiger charge is 2.42. The lowest BCUT2D eigenvalue weighted by Gasteiger charge is -2.15. The van der Waals surface area contributed by atoms with Crippen LogP contribution in [0.25, 0.3) is 5.69 Å². The molecule has 1 aromatic heterocycles. The van der Waals surface area contributed by atoms with Gasteiger partial charge in [-0.2, -0.15) is 11.8 Å². The molecule has 3 unspecified atom stereocenters. The number of hydroxylamine groups is 2. The minimum atomic E-state index is -0.867. The van der Waals surface area contributed by atoms with Gasteiger partial charge >= 0.3 is 17.9 Å². The number of amides is 7. The predicted octanol–water partition coefficient (Wildman–Crippen LogP) is 0.113. The van der Waals surface area contributed by atoms with Crippen molar-refractivity contribution in [3.8, 4) is 5.69 Å². The number of hydrogen-bond donors (Lipinski definition) is 5. The first-order chi connectivity index (χ1) is 24.7. The minimum Gasteiger partial charge on any atom is -0.379 e. The Bertz CT molecular complexity index is 1590. The molecule has 3 aliphatic heterocycles. The number of anilines is 1. The van der Waals surface area contributed by atoms with Crippen LogP contribution in [0.15, 0.2) is 35.0 Å². The molecule has 0 saturated carbocycles. The van der Waals surface area contributed by atoms with Gasteiger partial charge in [0.15, 0.2) is 0 Å². The molecular weight excluding hydrogens is 688 g/mol. The van der Waals surface area contributed by atoms with Crippen LogP contribution in [0.5, 0.6) is 0 Å². The number of nitrogens with one attached hydrogen (secondary N) is 5. The molecule has 7 amide bonds. The van der Waals surface area contributed by atoms with Gasteiger partial charge in [-0.15, -0.1) is 5.06 Å². The number of rotatable bonds is 18. The summed E-state index contributed by atoms with van der Waals surface area (Å²) >= 11 is 1.92. The lowest BCUT2D eigenvalue weighted by molar-refractivity contribution is -0.670. The van der Waals surface area contributed by atoms with E-state index in [4.69, 9.17) is 14.1 Å². The first-order valence-corrected chi connectivity index (χ1v) is 17.9. The minimum absolute atomic E-state index is 0.00616. The van der Waals surface area contributed by atoms with E-state index in [1.165, 1.54) is 35.1 Å². The van der Waals surface area contributed by atoms with Gasteiger partial charge in [-0.05, 0) is 29.7 Å². The molecule has 3 fully saturated rings. The number of ether oxygens (including phenoxy) is 1. The normalized spacial score (nSPS) is 19.4. The van der Waals surface area contributed by atoms with Crippen LogP contribution in [0.2, 0.25) is 0 Å². The Morgan fingerprint density at radius 1 is 0.941 bits per heavy atom. The topological polar surface area (TPSA) is 231 Å². The van der Waals surface area contributed by atoms with Gasteiger partial charge in [-0.3, -0.25) is 33.8 Å². The van der Waals surface area contributed by atoms with Crippen LogP contribution < -0.4 is 31.3 Å². The van der Waals surface area contributed by atoms with Crippen LogP contribution >= 0.6 is 11.8 Å². The third-order valence-electron chi connectivity index (χ3n) is 8.42. The van der Waals surface area contributed by atoms with Crippen LogP contribution in [0.3, 0.4) is 0 Å². The van der Waals surface area contributed by atoms with E-state index in [9.17, 15) is 33.6 Å². The Morgan fingerprint density at radius 2 is 1.67 bits per heavy atom. The maximum Gasteiger partial charge on any atom is 0.363 e. The summed E-state index contributed by atoms with van der Waals surface area (Å²) in [5, 5.41) is 18.4. The second kappa shape index (κ2) is 18.3. The van der Waals surface area contributed by atoms with E-state index in [0.29, 0.717) is 47.3 Å². The number of fused-ring (bicyclic) bond motifs is 1. The highest BCUT2D eigenvalue weighted by Crippen LogP contribution is 2.40. The SMILES string of the molecule is O=C(CCCCC1SCC2NC(=O)CC21)NCCOCCC(=O)NCCNC(=O)Nc1c[n+](-c2ccc(C(=O)ON3C(=O)CCC3=O)cc2)no1. The zero-order valence-corrected chi connectivity index (χ0v) is 28.7. The predicted molar refractivity (Wildman–Crippen MR) is 178 cm³/mol. The summed E-state index contributed by atoms with van der Waals surface area (Å²) in [7, 11) is 0. The van der Waals surface area contributed by atoms with Crippen molar-refractivity contribution in [1.29, 1.82) is 0 Å². The highest BCUT2D eigenvalue weighted by atomic mass is 32.2. The monoisotopic (exact) mass is 729 g/mol. The van der Waals surface area contributed by atoms with Gasteiger partial charge < -0.3 is 30.8 Å². The smallest absolute Gasteiger partial charge is 0.363 e. The summed E-state index contributed by atoms with van der Waals surface area (Å²) in [5.41, 5.74) is 0.584. The Balaban J connectivity index is 0.856. The Labute approximate surface area is 297 Å². The summed E-state index contributed by atoms with van der Waals surface area (Å²) in [4.78, 5) is 88.4. The van der Waals surface area contributed by atoms with Crippen LogP contribution in [0.4, 0.5) is 10.7 Å². The average molecular weight is 730 g/mol. The van der Waals surface area contributed by atoms with Crippen LogP contribution in [0, 0.1) is 5.92 Å². The van der Waals surface area contributed by atoms with Crippen LogP contribution in [-0.4, -0.2) is 102 Å². The summed E-state index contributed by atoms with van der Waals surface area (Å²) < 4.78 is 11.9. The second-order valence-electron chi connectivity index (χ2n) is 12.1. The largest absolute Gasteiger partial charge is 0.379 e. The van der Waals surface area contributed by atoms with Crippen molar-refractivity contribution in [1.82, 2.24) is 31.6 Å². The number of carbonyl (C=O) groups excluding carboxylic acids is 7. The van der Waals surface area contributed by atoms with E-state index in [-0.39, 0.29) is 74.7 Å². The number of thioether (sulfide) groups is 1. The molecule has 0 radical (unpaired) electrons. The molecule has 0 bridgehead atoms. The fourth-order valence-corrected chi connectivity index (χ4v) is 7.42. The van der Waals surface area contributed by atoms with E-state index in [2.05, 4.69) is 31.9 Å². The third kappa shape index (κ3) is 11.0. The van der Waals surface area contributed by atoms with E-state index in [0.717, 1.165) is 25.0 Å². The summed E-state index contributed by atoms with van der Waals surface area (Å²) in [5.74, 6) is -0.717. The van der Waals surface area contributed by atoms with E-state index in [1.807, 2.05) is 11.8 Å². The standard InChI is InChI=1S/C32H40N8O10S/c41-25(4-2-1-3-24-22-17-27(43)36-23(22)19-51-24)34-14-16-48-15-11-26(42)33-12-13-35-32(47)37-28-18-39(38-49-28)21-7-5-20(6-8-21)31(46)50-40-29(44)9-10-30(40)45/h5-8,18,22-24H,1-4,9-17,19H2,(H4-,33,34,35,36,37,38,41,42,43,47)/p+1. The quantitative estimate of drug-likeness (QED) is 0.0783. The fourth-order valence-electron chi connectivity index (χ4n) is 5.77. The number of imide groups is 1. The van der Waals surface area contributed by atoms with Crippen molar-refractivity contribution >= 4 is 59.2 Å². The molecule has 5 N–H and O–H groups in total. The summed E-state index contributed by atoms with van der Waals surface area (Å²) in [6.45, 7) is 1.16. The van der Waals surface area contributed by atoms with Gasteiger partial charge in [0.25, 0.3) is 18.0 Å². The number of carbonyl (C=O) groups is 7. The van der Waals surface area contributed by atoms with E-state index < -0.39 is 23.8 Å². The zero-order chi connectivity index (χ0) is 36.2. The molecule has 3 atom stereocenters. The van der Waals surface area contributed by atoms with Gasteiger partial charge in [0.05, 0.1) is 18.8 Å². The third-order valence-corrected chi connectivity index (χ3v) is 9.98. The number of nitrogens with zero attached hydrogens (tertiary/aromatic N) is 3. The molecule has 3 aliphatic rings. The molecule has 0 aliphatic carbocycles. The number of unbranched alkanes of at least 4 members (excludes halogenated alkanes) is 1. The number of hydrogen-bond acceptors (Lipinski definition) is 12. The van der Waals surface area contributed by atoms with Crippen LogP contribution in [-0.2, 0) is 33.5 Å². The molecule has 1 aromatic carbocycles. The van der Waals surface area contributed by atoms with Crippen molar-refractivity contribution in [3.63, 3.8) is 0 Å².